The van der Waals surface area contributed by atoms with E-state index in [1.165, 1.54) is 18.5 Å². The maximum atomic E-state index is 12.9. The highest BCUT2D eigenvalue weighted by Crippen LogP contribution is 2.32. The van der Waals surface area contributed by atoms with Crippen LogP contribution in [0.3, 0.4) is 0 Å². The molecule has 2 aromatic carbocycles. The van der Waals surface area contributed by atoms with Gasteiger partial charge in [0.15, 0.2) is 0 Å². The highest BCUT2D eigenvalue weighted by molar-refractivity contribution is 5.93. The molecule has 192 valence electrons. The van der Waals surface area contributed by atoms with Crippen molar-refractivity contribution < 1.29 is 18.0 Å². The van der Waals surface area contributed by atoms with Crippen LogP contribution in [0.5, 0.6) is 0 Å². The second kappa shape index (κ2) is 10.4. The first-order valence-electron chi connectivity index (χ1n) is 12.2. The van der Waals surface area contributed by atoms with Crippen LogP contribution >= 0.6 is 0 Å². The van der Waals surface area contributed by atoms with Crippen molar-refractivity contribution in [1.29, 1.82) is 0 Å². The molecule has 1 fully saturated rings. The zero-order valence-electron chi connectivity index (χ0n) is 20.7. The van der Waals surface area contributed by atoms with Crippen LogP contribution in [-0.2, 0) is 11.0 Å². The molecule has 0 radical (unpaired) electrons. The number of carbonyl (C=O) groups is 1. The molecule has 36 heavy (non-hydrogen) atoms. The Morgan fingerprint density at radius 2 is 1.56 bits per heavy atom. The van der Waals surface area contributed by atoms with E-state index >= 15 is 0 Å². The molecule has 4 rings (SSSR count). The summed E-state index contributed by atoms with van der Waals surface area (Å²) >= 11 is 0. The van der Waals surface area contributed by atoms with Gasteiger partial charge in [-0.2, -0.15) is 13.2 Å². The third-order valence-electron chi connectivity index (χ3n) is 6.33. The molecule has 1 heterocycles. The minimum absolute atomic E-state index is 0.0663. The summed E-state index contributed by atoms with van der Waals surface area (Å²) in [5.41, 5.74) is 1.45. The number of rotatable bonds is 6. The standard InChI is InChI=1S/C27H32F3N5O/c1-26(2,3)35-21-11-9-20(10-12-21)34-24(36)15-31-25-22-14-18(6-13-23(22)32-16-33-25)17-4-7-19(8-5-17)27(28,29)30/h4-8,13-14,16,20-21,35H,9-12,15H2,1-3H3,(H,34,36)(H,31,32,33). The molecular formula is C27H32F3N5O. The number of halogens is 3. The van der Waals surface area contributed by atoms with Gasteiger partial charge in [-0.15, -0.1) is 0 Å². The van der Waals surface area contributed by atoms with Crippen LogP contribution in [0.2, 0.25) is 0 Å². The summed E-state index contributed by atoms with van der Waals surface area (Å²) in [6.07, 6.45) is 0.969. The molecule has 1 aliphatic carbocycles. The van der Waals surface area contributed by atoms with E-state index in [4.69, 9.17) is 0 Å². The van der Waals surface area contributed by atoms with E-state index in [0.717, 1.165) is 43.4 Å². The van der Waals surface area contributed by atoms with E-state index < -0.39 is 11.7 Å². The van der Waals surface area contributed by atoms with Crippen molar-refractivity contribution in [1.82, 2.24) is 20.6 Å². The zero-order valence-corrected chi connectivity index (χ0v) is 20.7. The van der Waals surface area contributed by atoms with Gasteiger partial charge >= 0.3 is 6.18 Å². The number of alkyl halides is 3. The molecule has 0 bridgehead atoms. The van der Waals surface area contributed by atoms with Gasteiger partial charge in [-0.1, -0.05) is 18.2 Å². The molecule has 0 atom stereocenters. The lowest BCUT2D eigenvalue weighted by molar-refractivity contribution is -0.137. The lowest BCUT2D eigenvalue weighted by Gasteiger charge is -2.34. The van der Waals surface area contributed by atoms with Gasteiger partial charge in [-0.25, -0.2) is 9.97 Å². The smallest absolute Gasteiger partial charge is 0.360 e. The van der Waals surface area contributed by atoms with Crippen molar-refractivity contribution >= 4 is 22.6 Å². The molecule has 1 aliphatic rings. The topological polar surface area (TPSA) is 78.9 Å². The lowest BCUT2D eigenvalue weighted by Crippen LogP contribution is -2.48. The summed E-state index contributed by atoms with van der Waals surface area (Å²) in [7, 11) is 0. The molecule has 3 aromatic rings. The van der Waals surface area contributed by atoms with Crippen LogP contribution < -0.4 is 16.0 Å². The molecule has 1 saturated carbocycles. The van der Waals surface area contributed by atoms with Crippen LogP contribution in [0.25, 0.3) is 22.0 Å². The highest BCUT2D eigenvalue weighted by atomic mass is 19.4. The van der Waals surface area contributed by atoms with Gasteiger partial charge in [0.1, 0.15) is 12.1 Å². The Labute approximate surface area is 209 Å². The normalized spacial score (nSPS) is 18.7. The molecule has 0 unspecified atom stereocenters. The Bertz CT molecular complexity index is 1200. The fourth-order valence-corrected chi connectivity index (χ4v) is 4.67. The average Bonchev–Trinajstić information content (AvgIpc) is 2.82. The quantitative estimate of drug-likeness (QED) is 0.415. The second-order valence-corrected chi connectivity index (χ2v) is 10.4. The van der Waals surface area contributed by atoms with E-state index in [1.807, 2.05) is 6.07 Å². The van der Waals surface area contributed by atoms with E-state index in [0.29, 0.717) is 28.3 Å². The number of anilines is 1. The minimum atomic E-state index is -4.38. The number of hydrogen-bond acceptors (Lipinski definition) is 5. The Kier molecular flexibility index (Phi) is 7.49. The van der Waals surface area contributed by atoms with Crippen LogP contribution in [0.4, 0.5) is 19.0 Å². The molecule has 0 saturated heterocycles. The summed E-state index contributed by atoms with van der Waals surface area (Å²) in [5, 5.41) is 10.5. The monoisotopic (exact) mass is 499 g/mol. The van der Waals surface area contributed by atoms with Crippen molar-refractivity contribution in [3.05, 3.63) is 54.4 Å². The van der Waals surface area contributed by atoms with Crippen LogP contribution in [0.1, 0.15) is 52.0 Å². The number of hydrogen-bond donors (Lipinski definition) is 3. The SMILES string of the molecule is CC(C)(C)NC1CCC(NC(=O)CNc2ncnc3ccc(-c4ccc(C(F)(F)F)cc4)cc23)CC1. The first-order valence-corrected chi connectivity index (χ1v) is 12.2. The van der Waals surface area contributed by atoms with Gasteiger partial charge in [0, 0.05) is 23.0 Å². The summed E-state index contributed by atoms with van der Waals surface area (Å²) in [6.45, 7) is 6.55. The molecule has 0 aliphatic heterocycles. The summed E-state index contributed by atoms with van der Waals surface area (Å²) < 4.78 is 38.7. The fraction of sp³-hybridized carbons (Fsp3) is 0.444. The molecule has 9 heteroatoms. The number of aromatic nitrogens is 2. The number of nitrogens with zero attached hydrogens (tertiary/aromatic N) is 2. The number of benzene rings is 2. The summed E-state index contributed by atoms with van der Waals surface area (Å²) in [5.74, 6) is 0.398. The zero-order chi connectivity index (χ0) is 25.9. The van der Waals surface area contributed by atoms with Gasteiger partial charge < -0.3 is 16.0 Å². The maximum absolute atomic E-state index is 12.9. The van der Waals surface area contributed by atoms with Crippen LogP contribution in [0, 0.1) is 0 Å². The lowest BCUT2D eigenvalue weighted by atomic mass is 9.89. The molecular weight excluding hydrogens is 467 g/mol. The van der Waals surface area contributed by atoms with Crippen molar-refractivity contribution in [2.75, 3.05) is 11.9 Å². The largest absolute Gasteiger partial charge is 0.416 e. The second-order valence-electron chi connectivity index (χ2n) is 10.4. The number of carbonyl (C=O) groups excluding carboxylic acids is 1. The van der Waals surface area contributed by atoms with Gasteiger partial charge in [0.2, 0.25) is 5.91 Å². The Balaban J connectivity index is 1.38. The molecule has 6 nitrogen and oxygen atoms in total. The first-order chi connectivity index (χ1) is 17.0. The van der Waals surface area contributed by atoms with E-state index in [2.05, 4.69) is 46.7 Å². The van der Waals surface area contributed by atoms with E-state index in [-0.39, 0.29) is 24.0 Å². The Morgan fingerprint density at radius 1 is 0.917 bits per heavy atom. The van der Waals surface area contributed by atoms with Crippen LogP contribution in [0.15, 0.2) is 48.8 Å². The maximum Gasteiger partial charge on any atom is 0.416 e. The summed E-state index contributed by atoms with van der Waals surface area (Å²) in [6, 6.07) is 11.1. The van der Waals surface area contributed by atoms with E-state index in [9.17, 15) is 18.0 Å². The number of fused-ring (bicyclic) bond motifs is 1. The minimum Gasteiger partial charge on any atom is -0.360 e. The average molecular weight is 500 g/mol. The predicted octanol–water partition coefficient (Wildman–Crippen LogP) is 5.54. The first kappa shape index (κ1) is 25.9. The Hall–Kier alpha value is -3.20. The number of amides is 1. The van der Waals surface area contributed by atoms with Crippen molar-refractivity contribution in [3.8, 4) is 11.1 Å². The highest BCUT2D eigenvalue weighted by Gasteiger charge is 2.30. The van der Waals surface area contributed by atoms with Gasteiger partial charge in [-0.05, 0) is 81.8 Å². The molecule has 0 spiro atoms. The third-order valence-corrected chi connectivity index (χ3v) is 6.33. The van der Waals surface area contributed by atoms with Crippen molar-refractivity contribution in [2.24, 2.45) is 0 Å². The Morgan fingerprint density at radius 3 is 2.19 bits per heavy atom. The molecule has 3 N–H and O–H groups in total. The van der Waals surface area contributed by atoms with E-state index in [1.54, 1.807) is 12.1 Å². The van der Waals surface area contributed by atoms with Crippen molar-refractivity contribution in [3.63, 3.8) is 0 Å². The predicted molar refractivity (Wildman–Crippen MR) is 136 cm³/mol. The summed E-state index contributed by atoms with van der Waals surface area (Å²) in [4.78, 5) is 21.2. The van der Waals surface area contributed by atoms with Gasteiger partial charge in [-0.3, -0.25) is 4.79 Å². The van der Waals surface area contributed by atoms with Crippen LogP contribution in [-0.4, -0.2) is 40.0 Å². The van der Waals surface area contributed by atoms with Gasteiger partial charge in [0.25, 0.3) is 0 Å². The third kappa shape index (κ3) is 6.72. The molecule has 1 amide bonds. The van der Waals surface area contributed by atoms with Gasteiger partial charge in [0.05, 0.1) is 17.6 Å². The molecule has 1 aromatic heterocycles. The van der Waals surface area contributed by atoms with Crippen molar-refractivity contribution in [2.45, 2.75) is 70.3 Å². The number of nitrogens with one attached hydrogen (secondary N) is 3. The fourth-order valence-electron chi connectivity index (χ4n) is 4.67.